The van der Waals surface area contributed by atoms with Gasteiger partial charge in [0, 0.05) is 21.6 Å². The number of aromatic amines is 1. The molecule has 0 fully saturated rings. The highest BCUT2D eigenvalue weighted by atomic mass is 79.9. The molecule has 1 atom stereocenters. The number of H-pyrrole nitrogens is 1. The molecule has 1 aromatic heterocycles. The monoisotopic (exact) mass is 300 g/mol. The molecule has 1 heterocycles. The second kappa shape index (κ2) is 4.59. The summed E-state index contributed by atoms with van der Waals surface area (Å²) in [4.78, 5) is 3.26. The fourth-order valence-corrected chi connectivity index (χ4v) is 2.47. The molecule has 0 bridgehead atoms. The normalized spacial score (nSPS) is 12.8. The Kier molecular flexibility index (Phi) is 2.94. The van der Waals surface area contributed by atoms with E-state index < -0.39 is 0 Å². The summed E-state index contributed by atoms with van der Waals surface area (Å²) in [6, 6.07) is 16.3. The molecule has 0 radical (unpaired) electrons. The molecule has 0 amide bonds. The van der Waals surface area contributed by atoms with E-state index in [0.717, 1.165) is 21.1 Å². The average Bonchev–Trinajstić information content (AvgIpc) is 2.82. The molecule has 0 saturated carbocycles. The van der Waals surface area contributed by atoms with Gasteiger partial charge in [0.1, 0.15) is 0 Å². The number of hydrogen-bond acceptors (Lipinski definition) is 1. The van der Waals surface area contributed by atoms with Crippen molar-refractivity contribution in [3.63, 3.8) is 0 Å². The molecule has 3 aromatic rings. The molecule has 0 saturated heterocycles. The zero-order valence-electron chi connectivity index (χ0n) is 9.73. The first-order valence-electron chi connectivity index (χ1n) is 5.83. The van der Waals surface area contributed by atoms with Gasteiger partial charge in [-0.05, 0) is 29.3 Å². The highest BCUT2D eigenvalue weighted by molar-refractivity contribution is 9.10. The van der Waals surface area contributed by atoms with Crippen molar-refractivity contribution < 1.29 is 0 Å². The summed E-state index contributed by atoms with van der Waals surface area (Å²) in [7, 11) is 0. The van der Waals surface area contributed by atoms with Crippen LogP contribution >= 0.6 is 15.9 Å². The molecule has 2 aromatic carbocycles. The van der Waals surface area contributed by atoms with Gasteiger partial charge < -0.3 is 10.7 Å². The molecule has 90 valence electrons. The van der Waals surface area contributed by atoms with Crippen molar-refractivity contribution in [3.8, 4) is 0 Å². The Balaban J connectivity index is 2.06. The van der Waals surface area contributed by atoms with Gasteiger partial charge in [0.05, 0.1) is 6.04 Å². The molecular formula is C15H13BrN2. The number of nitrogens with one attached hydrogen (secondary N) is 1. The molecule has 3 N–H and O–H groups in total. The predicted octanol–water partition coefficient (Wildman–Crippen LogP) is 3.98. The number of rotatable bonds is 2. The van der Waals surface area contributed by atoms with Crippen LogP contribution in [0, 0.1) is 0 Å². The zero-order chi connectivity index (χ0) is 12.5. The summed E-state index contributed by atoms with van der Waals surface area (Å²) < 4.78 is 1.07. The van der Waals surface area contributed by atoms with Gasteiger partial charge in [0.2, 0.25) is 0 Å². The van der Waals surface area contributed by atoms with E-state index in [9.17, 15) is 0 Å². The van der Waals surface area contributed by atoms with Crippen molar-refractivity contribution >= 4 is 26.8 Å². The number of halogens is 1. The minimum atomic E-state index is -0.103. The highest BCUT2D eigenvalue weighted by Crippen LogP contribution is 2.27. The Morgan fingerprint density at radius 3 is 2.50 bits per heavy atom. The maximum atomic E-state index is 6.34. The number of benzene rings is 2. The summed E-state index contributed by atoms with van der Waals surface area (Å²) in [6.07, 6.45) is 2.00. The quantitative estimate of drug-likeness (QED) is 0.738. The van der Waals surface area contributed by atoms with Crippen LogP contribution < -0.4 is 5.73 Å². The minimum absolute atomic E-state index is 0.103. The summed E-state index contributed by atoms with van der Waals surface area (Å²) >= 11 is 3.44. The smallest absolute Gasteiger partial charge is 0.0572 e. The molecule has 3 rings (SSSR count). The Bertz CT molecular complexity index is 670. The number of aromatic nitrogens is 1. The Labute approximate surface area is 114 Å². The molecule has 18 heavy (non-hydrogen) atoms. The molecule has 0 aliphatic heterocycles. The topological polar surface area (TPSA) is 41.8 Å². The summed E-state index contributed by atoms with van der Waals surface area (Å²) in [5, 5.41) is 1.19. The number of para-hydroxylation sites is 1. The molecule has 1 unspecified atom stereocenters. The summed E-state index contributed by atoms with van der Waals surface area (Å²) in [5.41, 5.74) is 9.71. The van der Waals surface area contributed by atoms with Crippen molar-refractivity contribution in [2.45, 2.75) is 6.04 Å². The second-order valence-electron chi connectivity index (χ2n) is 4.32. The van der Waals surface area contributed by atoms with E-state index in [0.29, 0.717) is 0 Å². The van der Waals surface area contributed by atoms with Crippen LogP contribution in [-0.2, 0) is 0 Å². The average molecular weight is 301 g/mol. The maximum Gasteiger partial charge on any atom is 0.0572 e. The Hall–Kier alpha value is -1.58. The van der Waals surface area contributed by atoms with E-state index in [2.05, 4.69) is 45.2 Å². The van der Waals surface area contributed by atoms with E-state index >= 15 is 0 Å². The number of fused-ring (bicyclic) bond motifs is 1. The lowest BCUT2D eigenvalue weighted by Gasteiger charge is -2.11. The van der Waals surface area contributed by atoms with Gasteiger partial charge >= 0.3 is 0 Å². The Morgan fingerprint density at radius 1 is 1.00 bits per heavy atom. The molecule has 2 nitrogen and oxygen atoms in total. The van der Waals surface area contributed by atoms with Gasteiger partial charge in [-0.25, -0.2) is 0 Å². The first kappa shape index (κ1) is 11.5. The molecule has 0 aliphatic rings. The van der Waals surface area contributed by atoms with Gasteiger partial charge in [-0.2, -0.15) is 0 Å². The van der Waals surface area contributed by atoms with Crippen LogP contribution in [0.3, 0.4) is 0 Å². The lowest BCUT2D eigenvalue weighted by atomic mass is 9.99. The third kappa shape index (κ3) is 1.96. The van der Waals surface area contributed by atoms with Crippen molar-refractivity contribution in [1.29, 1.82) is 0 Å². The summed E-state index contributed by atoms with van der Waals surface area (Å²) in [6.45, 7) is 0. The fraction of sp³-hybridized carbons (Fsp3) is 0.0667. The van der Waals surface area contributed by atoms with E-state index in [1.54, 1.807) is 0 Å². The van der Waals surface area contributed by atoms with Gasteiger partial charge in [0.15, 0.2) is 0 Å². The van der Waals surface area contributed by atoms with Crippen LogP contribution in [0.4, 0.5) is 0 Å². The standard InChI is InChI=1S/C15H13BrN2/c16-11-7-5-10(6-8-11)15(17)13-9-18-14-4-2-1-3-12(13)14/h1-9,15,18H,17H2. The van der Waals surface area contributed by atoms with Crippen molar-refractivity contribution in [1.82, 2.24) is 4.98 Å². The first-order chi connectivity index (χ1) is 8.75. The third-order valence-electron chi connectivity index (χ3n) is 3.19. The van der Waals surface area contributed by atoms with E-state index in [4.69, 9.17) is 5.73 Å². The Morgan fingerprint density at radius 2 is 1.72 bits per heavy atom. The van der Waals surface area contributed by atoms with Crippen molar-refractivity contribution in [2.24, 2.45) is 5.73 Å². The predicted molar refractivity (Wildman–Crippen MR) is 78.5 cm³/mol. The van der Waals surface area contributed by atoms with Gasteiger partial charge in [0.25, 0.3) is 0 Å². The van der Waals surface area contributed by atoms with Gasteiger partial charge in [-0.1, -0.05) is 46.3 Å². The first-order valence-corrected chi connectivity index (χ1v) is 6.62. The van der Waals surface area contributed by atoms with E-state index in [-0.39, 0.29) is 6.04 Å². The largest absolute Gasteiger partial charge is 0.361 e. The second-order valence-corrected chi connectivity index (χ2v) is 5.23. The molecule has 3 heteroatoms. The highest BCUT2D eigenvalue weighted by Gasteiger charge is 2.13. The lowest BCUT2D eigenvalue weighted by Crippen LogP contribution is -2.11. The number of hydrogen-bond donors (Lipinski definition) is 2. The van der Waals surface area contributed by atoms with Crippen LogP contribution in [0.15, 0.2) is 59.2 Å². The minimum Gasteiger partial charge on any atom is -0.361 e. The van der Waals surface area contributed by atoms with Crippen LogP contribution in [0.25, 0.3) is 10.9 Å². The SMILES string of the molecule is NC(c1ccc(Br)cc1)c1c[nH]c2ccccc12. The van der Waals surface area contributed by atoms with Gasteiger partial charge in [-0.15, -0.1) is 0 Å². The molecular weight excluding hydrogens is 288 g/mol. The van der Waals surface area contributed by atoms with Crippen LogP contribution in [0.1, 0.15) is 17.2 Å². The van der Waals surface area contributed by atoms with Crippen molar-refractivity contribution in [3.05, 3.63) is 70.3 Å². The number of nitrogens with two attached hydrogens (primary N) is 1. The van der Waals surface area contributed by atoms with Crippen LogP contribution in [-0.4, -0.2) is 4.98 Å². The van der Waals surface area contributed by atoms with Crippen molar-refractivity contribution in [2.75, 3.05) is 0 Å². The fourth-order valence-electron chi connectivity index (χ4n) is 2.20. The lowest BCUT2D eigenvalue weighted by molar-refractivity contribution is 0.879. The van der Waals surface area contributed by atoms with E-state index in [1.165, 1.54) is 5.39 Å². The molecule has 0 spiro atoms. The van der Waals surface area contributed by atoms with E-state index in [1.807, 2.05) is 30.5 Å². The third-order valence-corrected chi connectivity index (χ3v) is 3.71. The van der Waals surface area contributed by atoms with Crippen LogP contribution in [0.2, 0.25) is 0 Å². The zero-order valence-corrected chi connectivity index (χ0v) is 11.3. The summed E-state index contributed by atoms with van der Waals surface area (Å²) in [5.74, 6) is 0. The molecule has 0 aliphatic carbocycles. The van der Waals surface area contributed by atoms with Crippen LogP contribution in [0.5, 0.6) is 0 Å². The maximum absolute atomic E-state index is 6.34. The van der Waals surface area contributed by atoms with Gasteiger partial charge in [-0.3, -0.25) is 0 Å².